The molecular formula is C24H26FN7O5. The molecule has 3 aromatic rings. The summed E-state index contributed by atoms with van der Waals surface area (Å²) in [6.45, 7) is 1.33. The van der Waals surface area contributed by atoms with Crippen LogP contribution in [0.15, 0.2) is 43.0 Å². The number of ether oxygens (including phenoxy) is 1. The average Bonchev–Trinajstić information content (AvgIpc) is 3.51. The van der Waals surface area contributed by atoms with Gasteiger partial charge >= 0.3 is 6.09 Å². The van der Waals surface area contributed by atoms with Crippen molar-refractivity contribution in [2.45, 2.75) is 6.10 Å². The van der Waals surface area contributed by atoms with E-state index in [1.165, 1.54) is 15.9 Å². The van der Waals surface area contributed by atoms with Crippen molar-refractivity contribution in [2.75, 3.05) is 62.7 Å². The third-order valence-corrected chi connectivity index (χ3v) is 6.50. The van der Waals surface area contributed by atoms with E-state index in [2.05, 4.69) is 9.97 Å². The number of piperazine rings is 1. The molecule has 194 valence electrons. The average molecular weight is 512 g/mol. The Kier molecular flexibility index (Phi) is 6.61. The van der Waals surface area contributed by atoms with Crippen LogP contribution in [-0.4, -0.2) is 106 Å². The van der Waals surface area contributed by atoms with Gasteiger partial charge in [-0.2, -0.15) is 0 Å². The highest BCUT2D eigenvalue weighted by molar-refractivity contribution is 5.95. The van der Waals surface area contributed by atoms with E-state index in [1.807, 2.05) is 4.90 Å². The molecule has 3 amide bonds. The third kappa shape index (κ3) is 4.89. The first kappa shape index (κ1) is 24.4. The van der Waals surface area contributed by atoms with Crippen LogP contribution in [0.4, 0.5) is 20.6 Å². The lowest BCUT2D eigenvalue weighted by Crippen LogP contribution is -2.51. The van der Waals surface area contributed by atoms with Crippen LogP contribution >= 0.6 is 0 Å². The van der Waals surface area contributed by atoms with Gasteiger partial charge in [-0.15, -0.1) is 0 Å². The van der Waals surface area contributed by atoms with Crippen molar-refractivity contribution in [3.63, 3.8) is 0 Å². The first-order valence-electron chi connectivity index (χ1n) is 11.8. The largest absolute Gasteiger partial charge is 0.441 e. The highest BCUT2D eigenvalue weighted by Crippen LogP contribution is 2.28. The van der Waals surface area contributed by atoms with Gasteiger partial charge in [0, 0.05) is 51.8 Å². The Labute approximate surface area is 211 Å². The topological polar surface area (TPSA) is 124 Å². The number of aliphatic hydroxyl groups is 1. The van der Waals surface area contributed by atoms with E-state index in [1.54, 1.807) is 53.3 Å². The second-order valence-electron chi connectivity index (χ2n) is 8.93. The summed E-state index contributed by atoms with van der Waals surface area (Å²) in [7, 11) is 1.55. The van der Waals surface area contributed by atoms with E-state index in [4.69, 9.17) is 4.74 Å². The van der Waals surface area contributed by atoms with Gasteiger partial charge in [-0.1, -0.05) is 0 Å². The standard InChI is InChI=1S/C24H26FN7O5/c1-28(23(35)19-13-31-5-4-26-11-21(31)27-19)14-22(34)30-8-6-29(7-9-30)20-3-2-16(10-18(20)25)32-12-17(15-33)37-24(32)36/h2-5,10-11,13,17,33H,6-9,12,14-15H2,1H3. The van der Waals surface area contributed by atoms with Crippen molar-refractivity contribution in [1.82, 2.24) is 24.2 Å². The van der Waals surface area contributed by atoms with Crippen molar-refractivity contribution >= 4 is 34.9 Å². The molecule has 0 aliphatic carbocycles. The maximum Gasteiger partial charge on any atom is 0.414 e. The number of carbonyl (C=O) groups excluding carboxylic acids is 3. The summed E-state index contributed by atoms with van der Waals surface area (Å²) in [6.07, 6.45) is 5.16. The van der Waals surface area contributed by atoms with Gasteiger partial charge in [-0.05, 0) is 18.2 Å². The zero-order valence-electron chi connectivity index (χ0n) is 20.2. The predicted molar refractivity (Wildman–Crippen MR) is 130 cm³/mol. The van der Waals surface area contributed by atoms with Crippen LogP contribution in [0.25, 0.3) is 5.65 Å². The molecule has 12 nitrogen and oxygen atoms in total. The number of amides is 3. The maximum absolute atomic E-state index is 14.9. The minimum atomic E-state index is -0.632. The Morgan fingerprint density at radius 1 is 1.24 bits per heavy atom. The maximum atomic E-state index is 14.9. The number of anilines is 2. The van der Waals surface area contributed by atoms with Gasteiger partial charge in [-0.25, -0.2) is 14.2 Å². The second-order valence-corrected chi connectivity index (χ2v) is 8.93. The number of cyclic esters (lactones) is 1. The number of fused-ring (bicyclic) bond motifs is 1. The number of imidazole rings is 1. The Bertz CT molecular complexity index is 1310. The number of hydrogen-bond donors (Lipinski definition) is 1. The summed E-state index contributed by atoms with van der Waals surface area (Å²) in [5, 5.41) is 9.20. The van der Waals surface area contributed by atoms with Crippen LogP contribution in [0, 0.1) is 5.82 Å². The van der Waals surface area contributed by atoms with Crippen LogP contribution in [0.2, 0.25) is 0 Å². The van der Waals surface area contributed by atoms with E-state index in [-0.39, 0.29) is 37.2 Å². The smallest absolute Gasteiger partial charge is 0.414 e. The summed E-state index contributed by atoms with van der Waals surface area (Å²) in [5.74, 6) is -1.07. The van der Waals surface area contributed by atoms with Gasteiger partial charge in [-0.3, -0.25) is 19.5 Å². The van der Waals surface area contributed by atoms with Crippen molar-refractivity contribution in [3.8, 4) is 0 Å². The number of hydrogen-bond acceptors (Lipinski definition) is 8. The molecule has 0 bridgehead atoms. The lowest BCUT2D eigenvalue weighted by Gasteiger charge is -2.37. The SMILES string of the molecule is CN(CC(=O)N1CCN(c2ccc(N3CC(CO)OC3=O)cc2F)CC1)C(=O)c1cn2ccncc2n1. The Morgan fingerprint density at radius 3 is 2.70 bits per heavy atom. The van der Waals surface area contributed by atoms with Crippen LogP contribution in [0.1, 0.15) is 10.5 Å². The van der Waals surface area contributed by atoms with E-state index in [0.717, 1.165) is 0 Å². The number of nitrogens with zero attached hydrogens (tertiary/aromatic N) is 7. The fourth-order valence-corrected chi connectivity index (χ4v) is 4.46. The van der Waals surface area contributed by atoms with E-state index in [9.17, 15) is 23.9 Å². The minimum Gasteiger partial charge on any atom is -0.441 e. The Morgan fingerprint density at radius 2 is 2.03 bits per heavy atom. The molecule has 2 aliphatic heterocycles. The van der Waals surface area contributed by atoms with Gasteiger partial charge in [0.1, 0.15) is 17.6 Å². The highest BCUT2D eigenvalue weighted by atomic mass is 19.1. The lowest BCUT2D eigenvalue weighted by atomic mass is 10.2. The third-order valence-electron chi connectivity index (χ3n) is 6.50. The van der Waals surface area contributed by atoms with Crippen molar-refractivity contribution < 1.29 is 28.6 Å². The molecule has 0 radical (unpaired) electrons. The zero-order valence-corrected chi connectivity index (χ0v) is 20.2. The Balaban J connectivity index is 1.16. The monoisotopic (exact) mass is 511 g/mol. The molecule has 1 atom stereocenters. The van der Waals surface area contributed by atoms with Gasteiger partial charge < -0.3 is 28.9 Å². The summed E-state index contributed by atoms with van der Waals surface area (Å²) in [6, 6.07) is 4.50. The van der Waals surface area contributed by atoms with Crippen LogP contribution in [0.3, 0.4) is 0 Å². The van der Waals surface area contributed by atoms with Gasteiger partial charge in [0.25, 0.3) is 5.91 Å². The fraction of sp³-hybridized carbons (Fsp3) is 0.375. The second kappa shape index (κ2) is 10.0. The first-order valence-corrected chi connectivity index (χ1v) is 11.8. The number of rotatable bonds is 6. The fourth-order valence-electron chi connectivity index (χ4n) is 4.46. The van der Waals surface area contributed by atoms with Crippen LogP contribution in [0.5, 0.6) is 0 Å². The molecule has 2 fully saturated rings. The lowest BCUT2D eigenvalue weighted by molar-refractivity contribution is -0.131. The van der Waals surface area contributed by atoms with E-state index in [0.29, 0.717) is 43.2 Å². The van der Waals surface area contributed by atoms with Crippen LogP contribution < -0.4 is 9.80 Å². The van der Waals surface area contributed by atoms with Crippen LogP contribution in [-0.2, 0) is 9.53 Å². The van der Waals surface area contributed by atoms with E-state index >= 15 is 0 Å². The molecule has 1 N–H and O–H groups in total. The number of carbonyl (C=O) groups is 3. The first-order chi connectivity index (χ1) is 17.8. The molecule has 0 spiro atoms. The quantitative estimate of drug-likeness (QED) is 0.511. The number of aromatic nitrogens is 3. The van der Waals surface area contributed by atoms with Gasteiger partial charge in [0.2, 0.25) is 5.91 Å². The molecule has 1 unspecified atom stereocenters. The molecule has 5 rings (SSSR count). The van der Waals surface area contributed by atoms with Crippen molar-refractivity contribution in [3.05, 3.63) is 54.5 Å². The number of benzene rings is 1. The number of likely N-dealkylation sites (N-methyl/N-ethyl adjacent to an activating group) is 1. The molecule has 13 heteroatoms. The Hall–Kier alpha value is -4.26. The normalized spacial score (nSPS) is 17.9. The molecule has 37 heavy (non-hydrogen) atoms. The minimum absolute atomic E-state index is 0.102. The summed E-state index contributed by atoms with van der Waals surface area (Å²) in [5.41, 5.74) is 1.49. The van der Waals surface area contributed by atoms with Crippen molar-refractivity contribution in [2.24, 2.45) is 0 Å². The number of halogens is 1. The molecule has 1 aromatic carbocycles. The summed E-state index contributed by atoms with van der Waals surface area (Å²) >= 11 is 0. The molecular weight excluding hydrogens is 485 g/mol. The molecule has 4 heterocycles. The predicted octanol–water partition coefficient (Wildman–Crippen LogP) is 0.607. The summed E-state index contributed by atoms with van der Waals surface area (Å²) in [4.78, 5) is 51.9. The van der Waals surface area contributed by atoms with Gasteiger partial charge in [0.05, 0.1) is 37.3 Å². The van der Waals surface area contributed by atoms with E-state index < -0.39 is 18.0 Å². The van der Waals surface area contributed by atoms with Crippen molar-refractivity contribution in [1.29, 1.82) is 0 Å². The highest BCUT2D eigenvalue weighted by Gasteiger charge is 2.32. The molecule has 2 aromatic heterocycles. The zero-order chi connectivity index (χ0) is 26.1. The molecule has 2 saturated heterocycles. The molecule has 2 aliphatic rings. The summed E-state index contributed by atoms with van der Waals surface area (Å²) < 4.78 is 21.6. The molecule has 0 saturated carbocycles. The number of aliphatic hydroxyl groups excluding tert-OH is 1. The van der Waals surface area contributed by atoms with Gasteiger partial charge in [0.15, 0.2) is 5.65 Å².